The second kappa shape index (κ2) is 10.6. The molecule has 0 saturated carbocycles. The molecule has 1 aliphatic rings. The van der Waals surface area contributed by atoms with E-state index in [1.165, 1.54) is 7.11 Å². The molecule has 1 aromatic carbocycles. The van der Waals surface area contributed by atoms with Crippen molar-refractivity contribution in [3.63, 3.8) is 0 Å². The summed E-state index contributed by atoms with van der Waals surface area (Å²) in [6.45, 7) is 1.66. The summed E-state index contributed by atoms with van der Waals surface area (Å²) in [6.07, 6.45) is 4.33. The molecule has 1 saturated heterocycles. The molecule has 6 heteroatoms. The fourth-order valence-corrected chi connectivity index (χ4v) is 3.11. The lowest BCUT2D eigenvalue weighted by Crippen LogP contribution is -2.33. The molecule has 1 unspecified atom stereocenters. The van der Waals surface area contributed by atoms with Gasteiger partial charge in [-0.2, -0.15) is 0 Å². The van der Waals surface area contributed by atoms with Gasteiger partial charge in [-0.1, -0.05) is 43.2 Å². The van der Waals surface area contributed by atoms with Crippen molar-refractivity contribution in [3.05, 3.63) is 35.9 Å². The molecule has 0 spiro atoms. The first-order valence-electron chi connectivity index (χ1n) is 9.26. The van der Waals surface area contributed by atoms with Crippen LogP contribution in [0.15, 0.2) is 30.3 Å². The van der Waals surface area contributed by atoms with Gasteiger partial charge in [0, 0.05) is 32.5 Å². The lowest BCUT2D eigenvalue weighted by Gasteiger charge is -2.16. The number of rotatable bonds is 10. The van der Waals surface area contributed by atoms with Gasteiger partial charge in [0.2, 0.25) is 11.8 Å². The van der Waals surface area contributed by atoms with Crippen molar-refractivity contribution in [3.8, 4) is 0 Å². The molecule has 2 rings (SSSR count). The van der Waals surface area contributed by atoms with Gasteiger partial charge in [-0.05, 0) is 18.4 Å². The molecule has 26 heavy (non-hydrogen) atoms. The van der Waals surface area contributed by atoms with Gasteiger partial charge >= 0.3 is 5.97 Å². The molecule has 0 radical (unpaired) electrons. The molecule has 142 valence electrons. The zero-order valence-electron chi connectivity index (χ0n) is 15.4. The van der Waals surface area contributed by atoms with E-state index in [-0.39, 0.29) is 30.1 Å². The molecule has 1 fully saturated rings. The number of hydrogen-bond acceptors (Lipinski definition) is 4. The molecule has 1 heterocycles. The minimum Gasteiger partial charge on any atom is -0.469 e. The first-order chi connectivity index (χ1) is 12.6. The van der Waals surface area contributed by atoms with Gasteiger partial charge in [0.25, 0.3) is 0 Å². The Hall–Kier alpha value is -2.37. The second-order valence-electron chi connectivity index (χ2n) is 6.69. The van der Waals surface area contributed by atoms with Crippen LogP contribution in [-0.4, -0.2) is 42.9 Å². The Bertz CT molecular complexity index is 603. The summed E-state index contributed by atoms with van der Waals surface area (Å²) < 4.78 is 4.59. The first-order valence-corrected chi connectivity index (χ1v) is 9.26. The fourth-order valence-electron chi connectivity index (χ4n) is 3.11. The maximum atomic E-state index is 12.3. The van der Waals surface area contributed by atoms with Gasteiger partial charge in [0.1, 0.15) is 0 Å². The summed E-state index contributed by atoms with van der Waals surface area (Å²) in [7, 11) is 1.40. The molecule has 0 aliphatic carbocycles. The number of ether oxygens (including phenoxy) is 1. The summed E-state index contributed by atoms with van der Waals surface area (Å²) in [5.41, 5.74) is 1.08. The Labute approximate surface area is 154 Å². The van der Waals surface area contributed by atoms with Crippen LogP contribution in [0.5, 0.6) is 0 Å². The number of carbonyl (C=O) groups is 3. The van der Waals surface area contributed by atoms with Crippen LogP contribution in [0.4, 0.5) is 0 Å². The second-order valence-corrected chi connectivity index (χ2v) is 6.69. The van der Waals surface area contributed by atoms with Crippen molar-refractivity contribution in [1.82, 2.24) is 10.2 Å². The van der Waals surface area contributed by atoms with Crippen molar-refractivity contribution < 1.29 is 19.1 Å². The van der Waals surface area contributed by atoms with Crippen molar-refractivity contribution in [1.29, 1.82) is 0 Å². The van der Waals surface area contributed by atoms with Gasteiger partial charge in [-0.25, -0.2) is 0 Å². The van der Waals surface area contributed by atoms with Crippen LogP contribution in [0.25, 0.3) is 0 Å². The van der Waals surface area contributed by atoms with Gasteiger partial charge in [-0.3, -0.25) is 14.4 Å². The molecular formula is C20H28N2O4. The normalized spacial score (nSPS) is 16.6. The molecule has 6 nitrogen and oxygen atoms in total. The quantitative estimate of drug-likeness (QED) is 0.513. The standard InChI is InChI=1S/C20H28N2O4/c1-26-19(24)11-7-2-3-8-12-21-20(25)17-13-18(23)22(15-17)14-16-9-5-4-6-10-16/h4-6,9-10,17H,2-3,7-8,11-15H2,1H3,(H,21,25). The van der Waals surface area contributed by atoms with Gasteiger partial charge in [0.15, 0.2) is 0 Å². The van der Waals surface area contributed by atoms with Crippen LogP contribution in [0.1, 0.15) is 44.1 Å². The molecular weight excluding hydrogens is 332 g/mol. The number of methoxy groups -OCH3 is 1. The van der Waals surface area contributed by atoms with Crippen LogP contribution >= 0.6 is 0 Å². The average Bonchev–Trinajstić information content (AvgIpc) is 3.02. The number of carbonyl (C=O) groups excluding carboxylic acids is 3. The highest BCUT2D eigenvalue weighted by Crippen LogP contribution is 2.20. The Morgan fingerprint density at radius 3 is 2.62 bits per heavy atom. The van der Waals surface area contributed by atoms with E-state index in [0.717, 1.165) is 31.2 Å². The van der Waals surface area contributed by atoms with Crippen LogP contribution in [0.2, 0.25) is 0 Å². The zero-order chi connectivity index (χ0) is 18.8. The van der Waals surface area contributed by atoms with E-state index >= 15 is 0 Å². The predicted molar refractivity (Wildman–Crippen MR) is 98.1 cm³/mol. The number of amides is 2. The SMILES string of the molecule is COC(=O)CCCCCCNC(=O)C1CC(=O)N(Cc2ccccc2)C1. The lowest BCUT2D eigenvalue weighted by atomic mass is 10.1. The first kappa shape index (κ1) is 19.9. The van der Waals surface area contributed by atoms with E-state index < -0.39 is 0 Å². The maximum Gasteiger partial charge on any atom is 0.305 e. The van der Waals surface area contributed by atoms with Crippen LogP contribution < -0.4 is 5.32 Å². The lowest BCUT2D eigenvalue weighted by molar-refractivity contribution is -0.140. The van der Waals surface area contributed by atoms with Crippen molar-refractivity contribution >= 4 is 17.8 Å². The minimum atomic E-state index is -0.259. The predicted octanol–water partition coefficient (Wildman–Crippen LogP) is 2.27. The molecule has 0 aromatic heterocycles. The van der Waals surface area contributed by atoms with Crippen LogP contribution in [0, 0.1) is 5.92 Å². The number of likely N-dealkylation sites (tertiary alicyclic amines) is 1. The Morgan fingerprint density at radius 2 is 1.88 bits per heavy atom. The molecule has 0 bridgehead atoms. The van der Waals surface area contributed by atoms with Gasteiger partial charge in [0.05, 0.1) is 13.0 Å². The van der Waals surface area contributed by atoms with E-state index in [1.807, 2.05) is 30.3 Å². The third-order valence-corrected chi connectivity index (χ3v) is 4.64. The highest BCUT2D eigenvalue weighted by molar-refractivity contribution is 5.89. The Morgan fingerprint density at radius 1 is 1.15 bits per heavy atom. The number of nitrogens with zero attached hydrogens (tertiary/aromatic N) is 1. The topological polar surface area (TPSA) is 75.7 Å². The summed E-state index contributed by atoms with van der Waals surface area (Å²) >= 11 is 0. The van der Waals surface area contributed by atoms with Crippen molar-refractivity contribution in [2.75, 3.05) is 20.2 Å². The summed E-state index contributed by atoms with van der Waals surface area (Å²) in [5, 5.41) is 2.93. The summed E-state index contributed by atoms with van der Waals surface area (Å²) in [6, 6.07) is 9.82. The fraction of sp³-hybridized carbons (Fsp3) is 0.550. The minimum absolute atomic E-state index is 0.0385. The summed E-state index contributed by atoms with van der Waals surface area (Å²) in [5.74, 6) is -0.435. The smallest absolute Gasteiger partial charge is 0.305 e. The highest BCUT2D eigenvalue weighted by Gasteiger charge is 2.33. The third-order valence-electron chi connectivity index (χ3n) is 4.64. The molecule has 1 N–H and O–H groups in total. The Balaban J connectivity index is 1.61. The third kappa shape index (κ3) is 6.50. The van der Waals surface area contributed by atoms with Crippen molar-refractivity contribution in [2.45, 2.75) is 45.1 Å². The van der Waals surface area contributed by atoms with E-state index in [9.17, 15) is 14.4 Å². The number of unbranched alkanes of at least 4 members (excludes halogenated alkanes) is 3. The van der Waals surface area contributed by atoms with E-state index in [0.29, 0.717) is 26.1 Å². The highest BCUT2D eigenvalue weighted by atomic mass is 16.5. The van der Waals surface area contributed by atoms with Gasteiger partial charge < -0.3 is 15.0 Å². The maximum absolute atomic E-state index is 12.3. The Kier molecular flexibility index (Phi) is 8.12. The van der Waals surface area contributed by atoms with Gasteiger partial charge in [-0.15, -0.1) is 0 Å². The molecule has 1 atom stereocenters. The van der Waals surface area contributed by atoms with E-state index in [2.05, 4.69) is 10.1 Å². The number of nitrogens with one attached hydrogen (secondary N) is 1. The number of esters is 1. The molecule has 1 aromatic rings. The summed E-state index contributed by atoms with van der Waals surface area (Å²) in [4.78, 5) is 37.1. The number of benzene rings is 1. The number of hydrogen-bond donors (Lipinski definition) is 1. The zero-order valence-corrected chi connectivity index (χ0v) is 15.4. The van der Waals surface area contributed by atoms with E-state index in [4.69, 9.17) is 0 Å². The van der Waals surface area contributed by atoms with E-state index in [1.54, 1.807) is 4.90 Å². The largest absolute Gasteiger partial charge is 0.469 e. The van der Waals surface area contributed by atoms with Crippen molar-refractivity contribution in [2.24, 2.45) is 5.92 Å². The molecule has 1 aliphatic heterocycles. The van der Waals surface area contributed by atoms with Crippen LogP contribution in [-0.2, 0) is 25.7 Å². The monoisotopic (exact) mass is 360 g/mol. The molecule has 2 amide bonds. The average molecular weight is 360 g/mol. The van der Waals surface area contributed by atoms with Crippen LogP contribution in [0.3, 0.4) is 0 Å².